The van der Waals surface area contributed by atoms with E-state index >= 15 is 0 Å². The zero-order valence-corrected chi connectivity index (χ0v) is 12.2. The number of carbonyl (C=O) groups excluding carboxylic acids is 1. The van der Waals surface area contributed by atoms with Crippen molar-refractivity contribution in [3.63, 3.8) is 0 Å². The van der Waals surface area contributed by atoms with Crippen LogP contribution in [0.1, 0.15) is 10.6 Å². The highest BCUT2D eigenvalue weighted by Crippen LogP contribution is 2.20. The first kappa shape index (κ1) is 13.8. The minimum atomic E-state index is -0.117. The van der Waals surface area contributed by atoms with Crippen LogP contribution in [0, 0.1) is 0 Å². The molecule has 2 heterocycles. The lowest BCUT2D eigenvalue weighted by atomic mass is 10.2. The van der Waals surface area contributed by atoms with Gasteiger partial charge in [-0.1, -0.05) is 6.07 Å². The Balaban J connectivity index is 1.64. The molecule has 1 aliphatic rings. The van der Waals surface area contributed by atoms with Crippen LogP contribution in [0.4, 0.5) is 11.4 Å². The van der Waals surface area contributed by atoms with E-state index in [0.717, 1.165) is 24.5 Å². The first-order valence-corrected chi connectivity index (χ1v) is 7.16. The van der Waals surface area contributed by atoms with Crippen molar-refractivity contribution in [3.8, 4) is 0 Å². The average Bonchev–Trinajstić information content (AvgIpc) is 2.93. The fourth-order valence-corrected chi connectivity index (χ4v) is 2.62. The van der Waals surface area contributed by atoms with Crippen LogP contribution in [0.2, 0.25) is 5.22 Å². The molecule has 0 bridgehead atoms. The molecule has 1 aromatic carbocycles. The molecule has 5 nitrogen and oxygen atoms in total. The summed E-state index contributed by atoms with van der Waals surface area (Å²) in [4.78, 5) is 16.2. The van der Waals surface area contributed by atoms with Crippen molar-refractivity contribution in [3.05, 3.63) is 47.4 Å². The number of amides is 1. The molecule has 1 aromatic heterocycles. The van der Waals surface area contributed by atoms with Gasteiger partial charge in [-0.2, -0.15) is 0 Å². The maximum Gasteiger partial charge on any atom is 0.289 e. The molecule has 2 aromatic rings. The lowest BCUT2D eigenvalue weighted by molar-refractivity contribution is 0.0715. The molecule has 1 fully saturated rings. The maximum atomic E-state index is 12.2. The van der Waals surface area contributed by atoms with E-state index in [1.807, 2.05) is 24.3 Å². The summed E-state index contributed by atoms with van der Waals surface area (Å²) in [6, 6.07) is 11.0. The molecule has 0 unspecified atom stereocenters. The van der Waals surface area contributed by atoms with E-state index in [1.165, 1.54) is 0 Å². The highest BCUT2D eigenvalue weighted by molar-refractivity contribution is 6.29. The molecule has 0 spiro atoms. The Morgan fingerprint density at radius 3 is 2.52 bits per heavy atom. The molecular formula is C15H16ClN3O2. The molecule has 0 atom stereocenters. The van der Waals surface area contributed by atoms with Gasteiger partial charge < -0.3 is 20.0 Å². The highest BCUT2D eigenvalue weighted by atomic mass is 35.5. The zero-order chi connectivity index (χ0) is 14.8. The number of hydrogen-bond acceptors (Lipinski definition) is 4. The SMILES string of the molecule is Nc1cccc(N2CCN(C(=O)c3ccc(Cl)o3)CC2)c1. The lowest BCUT2D eigenvalue weighted by Gasteiger charge is -2.35. The average molecular weight is 306 g/mol. The number of nitrogens with two attached hydrogens (primary N) is 1. The van der Waals surface area contributed by atoms with E-state index in [2.05, 4.69) is 4.90 Å². The summed E-state index contributed by atoms with van der Waals surface area (Å²) in [5.74, 6) is 0.173. The topological polar surface area (TPSA) is 62.7 Å². The van der Waals surface area contributed by atoms with Crippen molar-refractivity contribution in [2.24, 2.45) is 0 Å². The van der Waals surface area contributed by atoms with Gasteiger partial charge in [-0.05, 0) is 41.9 Å². The smallest absolute Gasteiger partial charge is 0.289 e. The number of furan rings is 1. The van der Waals surface area contributed by atoms with Crippen molar-refractivity contribution in [1.29, 1.82) is 0 Å². The van der Waals surface area contributed by atoms with Crippen LogP contribution < -0.4 is 10.6 Å². The molecule has 1 amide bonds. The standard InChI is InChI=1S/C15H16ClN3O2/c16-14-5-4-13(21-14)15(20)19-8-6-18(7-9-19)12-3-1-2-11(17)10-12/h1-5,10H,6-9,17H2. The molecule has 1 saturated heterocycles. The van der Waals surface area contributed by atoms with E-state index in [9.17, 15) is 4.79 Å². The quantitative estimate of drug-likeness (QED) is 0.866. The number of rotatable bonds is 2. The largest absolute Gasteiger partial charge is 0.440 e. The molecule has 6 heteroatoms. The maximum absolute atomic E-state index is 12.2. The summed E-state index contributed by atoms with van der Waals surface area (Å²) in [5.41, 5.74) is 7.64. The summed E-state index contributed by atoms with van der Waals surface area (Å²) in [6.07, 6.45) is 0. The molecular weight excluding hydrogens is 290 g/mol. The van der Waals surface area contributed by atoms with Crippen LogP contribution >= 0.6 is 11.6 Å². The van der Waals surface area contributed by atoms with E-state index in [-0.39, 0.29) is 16.9 Å². The van der Waals surface area contributed by atoms with Gasteiger partial charge in [0.1, 0.15) is 0 Å². The van der Waals surface area contributed by atoms with Gasteiger partial charge in [0.05, 0.1) is 0 Å². The number of anilines is 2. The van der Waals surface area contributed by atoms with Gasteiger partial charge in [-0.3, -0.25) is 4.79 Å². The molecule has 0 aliphatic carbocycles. The second kappa shape index (κ2) is 5.69. The van der Waals surface area contributed by atoms with Crippen molar-refractivity contribution >= 4 is 28.9 Å². The van der Waals surface area contributed by atoms with Crippen LogP contribution in [0.15, 0.2) is 40.8 Å². The second-order valence-electron chi connectivity index (χ2n) is 4.98. The van der Waals surface area contributed by atoms with E-state index < -0.39 is 0 Å². The predicted molar refractivity (Wildman–Crippen MR) is 82.7 cm³/mol. The van der Waals surface area contributed by atoms with Crippen LogP contribution in [0.3, 0.4) is 0 Å². The minimum absolute atomic E-state index is 0.117. The zero-order valence-electron chi connectivity index (χ0n) is 11.5. The fourth-order valence-electron chi connectivity index (χ4n) is 2.47. The third kappa shape index (κ3) is 2.97. The van der Waals surface area contributed by atoms with Crippen molar-refractivity contribution in [1.82, 2.24) is 4.90 Å². The Labute approximate surface area is 127 Å². The predicted octanol–water partition coefficient (Wildman–Crippen LogP) is 2.48. The number of hydrogen-bond donors (Lipinski definition) is 1. The Kier molecular flexibility index (Phi) is 3.75. The summed E-state index contributed by atoms with van der Waals surface area (Å²) >= 11 is 5.70. The Bertz CT molecular complexity index is 648. The fraction of sp³-hybridized carbons (Fsp3) is 0.267. The molecule has 21 heavy (non-hydrogen) atoms. The van der Waals surface area contributed by atoms with Crippen LogP contribution in [-0.2, 0) is 0 Å². The number of nitrogens with zero attached hydrogens (tertiary/aromatic N) is 2. The van der Waals surface area contributed by atoms with Gasteiger partial charge in [0.15, 0.2) is 11.0 Å². The minimum Gasteiger partial charge on any atom is -0.440 e. The normalized spacial score (nSPS) is 15.3. The van der Waals surface area contributed by atoms with Crippen LogP contribution in [0.5, 0.6) is 0 Å². The molecule has 2 N–H and O–H groups in total. The molecule has 0 saturated carbocycles. The molecule has 1 aliphatic heterocycles. The monoisotopic (exact) mass is 305 g/mol. The Morgan fingerprint density at radius 1 is 1.14 bits per heavy atom. The number of carbonyl (C=O) groups is 1. The summed E-state index contributed by atoms with van der Waals surface area (Å²) < 4.78 is 5.17. The molecule has 3 rings (SSSR count). The third-order valence-corrected chi connectivity index (χ3v) is 3.79. The number of benzene rings is 1. The van der Waals surface area contributed by atoms with Gasteiger partial charge in [-0.15, -0.1) is 0 Å². The summed E-state index contributed by atoms with van der Waals surface area (Å²) in [7, 11) is 0. The summed E-state index contributed by atoms with van der Waals surface area (Å²) in [6.45, 7) is 2.82. The third-order valence-electron chi connectivity index (χ3n) is 3.59. The Hall–Kier alpha value is -2.14. The van der Waals surface area contributed by atoms with Crippen molar-refractivity contribution in [2.75, 3.05) is 36.8 Å². The lowest BCUT2D eigenvalue weighted by Crippen LogP contribution is -2.48. The first-order valence-electron chi connectivity index (χ1n) is 6.78. The molecule has 0 radical (unpaired) electrons. The molecule has 110 valence electrons. The van der Waals surface area contributed by atoms with E-state index in [4.69, 9.17) is 21.8 Å². The van der Waals surface area contributed by atoms with Gasteiger partial charge in [0.25, 0.3) is 5.91 Å². The second-order valence-corrected chi connectivity index (χ2v) is 5.35. The van der Waals surface area contributed by atoms with Crippen LogP contribution in [0.25, 0.3) is 0 Å². The number of halogens is 1. The van der Waals surface area contributed by atoms with E-state index in [1.54, 1.807) is 17.0 Å². The summed E-state index contributed by atoms with van der Waals surface area (Å²) in [5, 5.41) is 0.233. The van der Waals surface area contributed by atoms with Gasteiger partial charge >= 0.3 is 0 Å². The van der Waals surface area contributed by atoms with Crippen molar-refractivity contribution < 1.29 is 9.21 Å². The number of nitrogen functional groups attached to an aromatic ring is 1. The first-order chi connectivity index (χ1) is 10.1. The highest BCUT2D eigenvalue weighted by Gasteiger charge is 2.24. The van der Waals surface area contributed by atoms with Gasteiger partial charge in [-0.25, -0.2) is 0 Å². The van der Waals surface area contributed by atoms with E-state index in [0.29, 0.717) is 13.1 Å². The Morgan fingerprint density at radius 2 is 1.90 bits per heavy atom. The van der Waals surface area contributed by atoms with Gasteiger partial charge in [0, 0.05) is 37.6 Å². The van der Waals surface area contributed by atoms with Crippen molar-refractivity contribution in [2.45, 2.75) is 0 Å². The number of piperazine rings is 1. The van der Waals surface area contributed by atoms with Gasteiger partial charge in [0.2, 0.25) is 0 Å². The van der Waals surface area contributed by atoms with Crippen LogP contribution in [-0.4, -0.2) is 37.0 Å².